The first-order valence-corrected chi connectivity index (χ1v) is 6.58. The molecule has 0 saturated carbocycles. The Balaban J connectivity index is 4.36. The van der Waals surface area contributed by atoms with E-state index in [2.05, 4.69) is 9.47 Å². The van der Waals surface area contributed by atoms with Crippen molar-refractivity contribution in [2.45, 2.75) is 13.8 Å². The van der Waals surface area contributed by atoms with E-state index in [1.807, 2.05) is 0 Å². The number of rotatable bonds is 6. The Morgan fingerprint density at radius 3 is 2.31 bits per heavy atom. The number of hydrogen-bond donors (Lipinski definition) is 0. The average molecular weight is 252 g/mol. The van der Waals surface area contributed by atoms with Gasteiger partial charge in [-0.05, 0) is 6.92 Å². The van der Waals surface area contributed by atoms with Crippen LogP contribution in [0.3, 0.4) is 0 Å². The Labute approximate surface area is 94.8 Å². The maximum absolute atomic E-state index is 11.4. The molecular weight excluding hydrogens is 236 g/mol. The van der Waals surface area contributed by atoms with Crippen molar-refractivity contribution < 1.29 is 27.5 Å². The quantitative estimate of drug-likeness (QED) is 0.607. The summed E-state index contributed by atoms with van der Waals surface area (Å²) in [7, 11) is -2.46. The molecule has 0 amide bonds. The molecule has 0 saturated heterocycles. The lowest BCUT2D eigenvalue weighted by molar-refractivity contribution is -0.144. The molecule has 16 heavy (non-hydrogen) atoms. The van der Waals surface area contributed by atoms with Crippen LogP contribution in [-0.4, -0.2) is 45.6 Å². The van der Waals surface area contributed by atoms with Crippen LogP contribution >= 0.6 is 0 Å². The summed E-state index contributed by atoms with van der Waals surface area (Å²) >= 11 is 0. The Morgan fingerprint density at radius 1 is 1.31 bits per heavy atom. The molecule has 0 aromatic rings. The molecule has 0 fully saturated rings. The Hall–Kier alpha value is -1.11. The van der Waals surface area contributed by atoms with Crippen LogP contribution in [-0.2, 0) is 28.9 Å². The number of methoxy groups -OCH3 is 1. The topological polar surface area (TPSA) is 86.7 Å². The first-order chi connectivity index (χ1) is 7.32. The van der Waals surface area contributed by atoms with E-state index in [9.17, 15) is 18.0 Å². The van der Waals surface area contributed by atoms with Gasteiger partial charge in [0.15, 0.2) is 9.84 Å². The van der Waals surface area contributed by atoms with Crippen LogP contribution in [0.15, 0.2) is 0 Å². The number of hydrogen-bond acceptors (Lipinski definition) is 6. The molecule has 0 aromatic carbocycles. The van der Waals surface area contributed by atoms with E-state index < -0.39 is 39.2 Å². The molecular formula is C9H16O6S. The first kappa shape index (κ1) is 14.9. The van der Waals surface area contributed by atoms with E-state index in [1.54, 1.807) is 6.92 Å². The molecule has 0 N–H and O–H groups in total. The zero-order valence-electron chi connectivity index (χ0n) is 9.56. The van der Waals surface area contributed by atoms with Crippen LogP contribution in [0.1, 0.15) is 13.8 Å². The predicted molar refractivity (Wildman–Crippen MR) is 56.5 cm³/mol. The minimum absolute atomic E-state index is 0.126. The molecule has 7 heteroatoms. The van der Waals surface area contributed by atoms with Crippen molar-refractivity contribution in [1.82, 2.24) is 0 Å². The van der Waals surface area contributed by atoms with Crippen molar-refractivity contribution in [2.24, 2.45) is 5.92 Å². The summed E-state index contributed by atoms with van der Waals surface area (Å²) in [5.41, 5.74) is 0. The summed E-state index contributed by atoms with van der Waals surface area (Å²) in [6, 6.07) is 0. The van der Waals surface area contributed by atoms with Gasteiger partial charge < -0.3 is 9.47 Å². The van der Waals surface area contributed by atoms with Gasteiger partial charge in [0.05, 0.1) is 25.4 Å². The van der Waals surface area contributed by atoms with E-state index in [-0.39, 0.29) is 6.61 Å². The highest BCUT2D eigenvalue weighted by atomic mass is 32.2. The highest BCUT2D eigenvalue weighted by molar-refractivity contribution is 7.92. The van der Waals surface area contributed by atoms with E-state index in [0.717, 1.165) is 0 Å². The third-order valence-corrected chi connectivity index (χ3v) is 3.43. The van der Waals surface area contributed by atoms with Gasteiger partial charge in [0.25, 0.3) is 0 Å². The lowest BCUT2D eigenvalue weighted by Crippen LogP contribution is -2.27. The monoisotopic (exact) mass is 252 g/mol. The van der Waals surface area contributed by atoms with Crippen molar-refractivity contribution in [3.63, 3.8) is 0 Å². The van der Waals surface area contributed by atoms with Crippen LogP contribution in [0.25, 0.3) is 0 Å². The third kappa shape index (κ3) is 5.69. The SMILES string of the molecule is CCOC(=O)CS(=O)(=O)CC(C)C(=O)OC. The molecule has 1 unspecified atom stereocenters. The summed E-state index contributed by atoms with van der Waals surface area (Å²) in [6.07, 6.45) is 0. The van der Waals surface area contributed by atoms with Gasteiger partial charge in [0.1, 0.15) is 5.75 Å². The molecule has 0 radical (unpaired) electrons. The zero-order valence-corrected chi connectivity index (χ0v) is 10.4. The Bertz CT molecular complexity index is 345. The van der Waals surface area contributed by atoms with Crippen molar-refractivity contribution in [3.8, 4) is 0 Å². The maximum Gasteiger partial charge on any atom is 0.321 e. The van der Waals surface area contributed by atoms with Gasteiger partial charge in [-0.15, -0.1) is 0 Å². The fourth-order valence-electron chi connectivity index (χ4n) is 1.09. The van der Waals surface area contributed by atoms with E-state index >= 15 is 0 Å². The van der Waals surface area contributed by atoms with Crippen LogP contribution in [0, 0.1) is 5.92 Å². The van der Waals surface area contributed by atoms with Crippen molar-refractivity contribution >= 4 is 21.8 Å². The standard InChI is InChI=1S/C9H16O6S/c1-4-15-8(10)6-16(12,13)5-7(2)9(11)14-3/h7H,4-6H2,1-3H3. The van der Waals surface area contributed by atoms with Gasteiger partial charge in [0, 0.05) is 0 Å². The number of sulfone groups is 1. The summed E-state index contributed by atoms with van der Waals surface area (Å²) in [6.45, 7) is 3.14. The summed E-state index contributed by atoms with van der Waals surface area (Å²) in [4.78, 5) is 22.0. The van der Waals surface area contributed by atoms with E-state index in [4.69, 9.17) is 0 Å². The van der Waals surface area contributed by atoms with Gasteiger partial charge in [0.2, 0.25) is 0 Å². The minimum Gasteiger partial charge on any atom is -0.469 e. The molecule has 0 spiro atoms. The summed E-state index contributed by atoms with van der Waals surface area (Å²) in [5, 5.41) is 0. The van der Waals surface area contributed by atoms with E-state index in [1.165, 1.54) is 14.0 Å². The smallest absolute Gasteiger partial charge is 0.321 e. The second-order valence-corrected chi connectivity index (χ2v) is 5.39. The van der Waals surface area contributed by atoms with Crippen molar-refractivity contribution in [1.29, 1.82) is 0 Å². The number of carbonyl (C=O) groups excluding carboxylic acids is 2. The largest absolute Gasteiger partial charge is 0.469 e. The average Bonchev–Trinajstić information content (AvgIpc) is 2.14. The second kappa shape index (κ2) is 6.47. The van der Waals surface area contributed by atoms with Gasteiger partial charge in [-0.1, -0.05) is 6.92 Å². The second-order valence-electron chi connectivity index (χ2n) is 3.28. The number of ether oxygens (including phenoxy) is 2. The molecule has 0 aliphatic carbocycles. The van der Waals surface area contributed by atoms with Gasteiger partial charge in [-0.3, -0.25) is 9.59 Å². The van der Waals surface area contributed by atoms with Crippen LogP contribution in [0.4, 0.5) is 0 Å². The van der Waals surface area contributed by atoms with Gasteiger partial charge in [-0.25, -0.2) is 8.42 Å². The van der Waals surface area contributed by atoms with Gasteiger partial charge >= 0.3 is 11.9 Å². The van der Waals surface area contributed by atoms with Crippen LogP contribution in [0.2, 0.25) is 0 Å². The first-order valence-electron chi connectivity index (χ1n) is 4.76. The lowest BCUT2D eigenvalue weighted by atomic mass is 10.2. The van der Waals surface area contributed by atoms with Gasteiger partial charge in [-0.2, -0.15) is 0 Å². The molecule has 0 aliphatic heterocycles. The normalized spacial score (nSPS) is 12.9. The zero-order chi connectivity index (χ0) is 12.8. The number of carbonyl (C=O) groups is 2. The van der Waals surface area contributed by atoms with Crippen LogP contribution in [0.5, 0.6) is 0 Å². The molecule has 1 atom stereocenters. The molecule has 0 rings (SSSR count). The third-order valence-electron chi connectivity index (χ3n) is 1.75. The predicted octanol–water partition coefficient (Wildman–Crippen LogP) is -0.227. The number of esters is 2. The summed E-state index contributed by atoms with van der Waals surface area (Å²) in [5.74, 6) is -3.34. The van der Waals surface area contributed by atoms with Crippen molar-refractivity contribution in [3.05, 3.63) is 0 Å². The van der Waals surface area contributed by atoms with Crippen LogP contribution < -0.4 is 0 Å². The molecule has 0 aliphatic rings. The Morgan fingerprint density at radius 2 is 1.88 bits per heavy atom. The lowest BCUT2D eigenvalue weighted by Gasteiger charge is -2.09. The molecule has 0 bridgehead atoms. The summed E-state index contributed by atoms with van der Waals surface area (Å²) < 4.78 is 31.8. The minimum atomic E-state index is -3.63. The molecule has 94 valence electrons. The highest BCUT2D eigenvalue weighted by Crippen LogP contribution is 2.04. The van der Waals surface area contributed by atoms with E-state index in [0.29, 0.717) is 0 Å². The fourth-order valence-corrected chi connectivity index (χ4v) is 2.55. The Kier molecular flexibility index (Phi) is 6.02. The molecule has 0 aromatic heterocycles. The maximum atomic E-state index is 11.4. The fraction of sp³-hybridized carbons (Fsp3) is 0.778. The highest BCUT2D eigenvalue weighted by Gasteiger charge is 2.24. The molecule has 0 heterocycles. The molecule has 6 nitrogen and oxygen atoms in total. The van der Waals surface area contributed by atoms with Crippen molar-refractivity contribution in [2.75, 3.05) is 25.2 Å².